The number of fused-ring (bicyclic) bond motifs is 1. The fourth-order valence-electron chi connectivity index (χ4n) is 2.88. The highest BCUT2D eigenvalue weighted by molar-refractivity contribution is 7.16. The molecular weight excluding hydrogens is 282 g/mol. The standard InChI is InChI=1S/C17H27NO2S/c1-3-5-6-7-8-12-18-16-15(17(19)20-4-2)13-10-9-11-14(13)21-16/h18H,3-12H2,1-2H3. The van der Waals surface area contributed by atoms with Gasteiger partial charge in [-0.3, -0.25) is 0 Å². The summed E-state index contributed by atoms with van der Waals surface area (Å²) in [5.41, 5.74) is 2.06. The van der Waals surface area contributed by atoms with E-state index < -0.39 is 0 Å². The van der Waals surface area contributed by atoms with Gasteiger partial charge < -0.3 is 10.1 Å². The number of nitrogens with one attached hydrogen (secondary N) is 1. The summed E-state index contributed by atoms with van der Waals surface area (Å²) in [5, 5.41) is 4.51. The lowest BCUT2D eigenvalue weighted by molar-refractivity contribution is 0.0527. The molecule has 0 fully saturated rings. The van der Waals surface area contributed by atoms with Crippen LogP contribution in [0.2, 0.25) is 0 Å². The van der Waals surface area contributed by atoms with Gasteiger partial charge in [0.15, 0.2) is 0 Å². The number of hydrogen-bond donors (Lipinski definition) is 1. The number of thiophene rings is 1. The second-order valence-corrected chi connectivity index (χ2v) is 6.73. The van der Waals surface area contributed by atoms with Gasteiger partial charge in [-0.2, -0.15) is 0 Å². The van der Waals surface area contributed by atoms with Crippen molar-refractivity contribution < 1.29 is 9.53 Å². The van der Waals surface area contributed by atoms with Crippen LogP contribution >= 0.6 is 11.3 Å². The topological polar surface area (TPSA) is 38.3 Å². The van der Waals surface area contributed by atoms with Crippen LogP contribution in [0, 0.1) is 0 Å². The van der Waals surface area contributed by atoms with Gasteiger partial charge in [-0.05, 0) is 38.2 Å². The van der Waals surface area contributed by atoms with Crippen LogP contribution < -0.4 is 5.32 Å². The first kappa shape index (κ1) is 16.3. The van der Waals surface area contributed by atoms with E-state index in [0.717, 1.165) is 30.0 Å². The highest BCUT2D eigenvalue weighted by Crippen LogP contribution is 2.39. The minimum absolute atomic E-state index is 0.148. The number of unbranched alkanes of at least 4 members (excludes halogenated alkanes) is 4. The molecule has 0 aliphatic heterocycles. The fourth-order valence-corrected chi connectivity index (χ4v) is 4.18. The molecule has 0 saturated heterocycles. The van der Waals surface area contributed by atoms with Crippen molar-refractivity contribution in [2.24, 2.45) is 0 Å². The Labute approximate surface area is 132 Å². The molecule has 0 bridgehead atoms. The summed E-state index contributed by atoms with van der Waals surface area (Å²) in [6, 6.07) is 0. The molecule has 0 saturated carbocycles. The molecule has 1 N–H and O–H groups in total. The zero-order valence-corrected chi connectivity index (χ0v) is 14.1. The zero-order valence-electron chi connectivity index (χ0n) is 13.3. The molecule has 4 heteroatoms. The largest absolute Gasteiger partial charge is 0.462 e. The van der Waals surface area contributed by atoms with Crippen molar-refractivity contribution in [1.82, 2.24) is 0 Å². The van der Waals surface area contributed by atoms with Crippen LogP contribution in [-0.2, 0) is 17.6 Å². The van der Waals surface area contributed by atoms with Crippen molar-refractivity contribution in [2.75, 3.05) is 18.5 Å². The first-order chi connectivity index (χ1) is 10.3. The fraction of sp³-hybridized carbons (Fsp3) is 0.706. The van der Waals surface area contributed by atoms with Gasteiger partial charge in [0, 0.05) is 11.4 Å². The lowest BCUT2D eigenvalue weighted by Crippen LogP contribution is -2.10. The summed E-state index contributed by atoms with van der Waals surface area (Å²) in [4.78, 5) is 13.6. The van der Waals surface area contributed by atoms with E-state index in [1.54, 1.807) is 11.3 Å². The Balaban J connectivity index is 1.94. The van der Waals surface area contributed by atoms with E-state index in [0.29, 0.717) is 6.61 Å². The Bertz CT molecular complexity index is 468. The van der Waals surface area contributed by atoms with Crippen molar-refractivity contribution in [3.8, 4) is 0 Å². The number of esters is 1. The summed E-state index contributed by atoms with van der Waals surface area (Å²) < 4.78 is 5.24. The maximum absolute atomic E-state index is 12.2. The Morgan fingerprint density at radius 2 is 2.00 bits per heavy atom. The summed E-state index contributed by atoms with van der Waals surface area (Å²) in [7, 11) is 0. The average molecular weight is 309 g/mol. The van der Waals surface area contributed by atoms with Crippen LogP contribution in [0.1, 0.15) is 73.2 Å². The van der Waals surface area contributed by atoms with Crippen molar-refractivity contribution in [2.45, 2.75) is 65.2 Å². The molecule has 0 radical (unpaired) electrons. The molecule has 0 aromatic carbocycles. The minimum atomic E-state index is -0.148. The Morgan fingerprint density at radius 3 is 2.76 bits per heavy atom. The number of rotatable bonds is 9. The van der Waals surface area contributed by atoms with E-state index in [2.05, 4.69) is 12.2 Å². The Hall–Kier alpha value is -1.03. The quantitative estimate of drug-likeness (QED) is 0.526. The maximum Gasteiger partial charge on any atom is 0.341 e. The van der Waals surface area contributed by atoms with Crippen LogP contribution in [0.4, 0.5) is 5.00 Å². The number of aryl methyl sites for hydroxylation is 1. The molecule has 1 aromatic heterocycles. The molecule has 0 spiro atoms. The highest BCUT2D eigenvalue weighted by Gasteiger charge is 2.27. The van der Waals surface area contributed by atoms with Crippen molar-refractivity contribution >= 4 is 22.3 Å². The van der Waals surface area contributed by atoms with E-state index in [1.165, 1.54) is 49.0 Å². The predicted octanol–water partition coefficient (Wildman–Crippen LogP) is 4.80. The number of carbonyl (C=O) groups excluding carboxylic acids is 1. The molecular formula is C17H27NO2S. The Morgan fingerprint density at radius 1 is 1.19 bits per heavy atom. The third-order valence-corrected chi connectivity index (χ3v) is 5.22. The summed E-state index contributed by atoms with van der Waals surface area (Å²) in [6.07, 6.45) is 9.66. The normalized spacial score (nSPS) is 13.2. The second-order valence-electron chi connectivity index (χ2n) is 5.62. The van der Waals surface area contributed by atoms with Crippen molar-refractivity contribution in [1.29, 1.82) is 0 Å². The first-order valence-electron chi connectivity index (χ1n) is 8.33. The summed E-state index contributed by atoms with van der Waals surface area (Å²) in [6.45, 7) is 5.50. The predicted molar refractivity (Wildman–Crippen MR) is 89.5 cm³/mol. The smallest absolute Gasteiger partial charge is 0.341 e. The first-order valence-corrected chi connectivity index (χ1v) is 9.15. The molecule has 3 nitrogen and oxygen atoms in total. The maximum atomic E-state index is 12.2. The van der Waals surface area contributed by atoms with E-state index in [1.807, 2.05) is 6.92 Å². The van der Waals surface area contributed by atoms with E-state index in [4.69, 9.17) is 4.74 Å². The summed E-state index contributed by atoms with van der Waals surface area (Å²) in [5.74, 6) is -0.148. The third kappa shape index (κ3) is 4.22. The number of carbonyl (C=O) groups is 1. The zero-order chi connectivity index (χ0) is 15.1. The number of ether oxygens (including phenoxy) is 1. The second kappa shape index (κ2) is 8.42. The van der Waals surface area contributed by atoms with Gasteiger partial charge in [0.25, 0.3) is 0 Å². The van der Waals surface area contributed by atoms with Gasteiger partial charge >= 0.3 is 5.97 Å². The van der Waals surface area contributed by atoms with Crippen LogP contribution in [-0.4, -0.2) is 19.1 Å². The molecule has 1 aliphatic rings. The summed E-state index contributed by atoms with van der Waals surface area (Å²) >= 11 is 1.76. The van der Waals surface area contributed by atoms with Gasteiger partial charge in [0.2, 0.25) is 0 Å². The SMILES string of the molecule is CCCCCCCNc1sc2c(c1C(=O)OCC)CCC2. The van der Waals surface area contributed by atoms with E-state index in [-0.39, 0.29) is 5.97 Å². The highest BCUT2D eigenvalue weighted by atomic mass is 32.1. The van der Waals surface area contributed by atoms with Gasteiger partial charge in [0.1, 0.15) is 5.00 Å². The molecule has 118 valence electrons. The number of hydrogen-bond acceptors (Lipinski definition) is 4. The van der Waals surface area contributed by atoms with Gasteiger partial charge in [-0.15, -0.1) is 11.3 Å². The lowest BCUT2D eigenvalue weighted by Gasteiger charge is -2.08. The molecule has 0 unspecified atom stereocenters. The average Bonchev–Trinajstić information content (AvgIpc) is 3.03. The van der Waals surface area contributed by atoms with E-state index >= 15 is 0 Å². The minimum Gasteiger partial charge on any atom is -0.462 e. The van der Waals surface area contributed by atoms with Crippen molar-refractivity contribution in [3.63, 3.8) is 0 Å². The van der Waals surface area contributed by atoms with Crippen molar-refractivity contribution in [3.05, 3.63) is 16.0 Å². The molecule has 1 aliphatic carbocycles. The molecule has 0 amide bonds. The molecule has 0 atom stereocenters. The molecule has 1 heterocycles. The van der Waals surface area contributed by atoms with Crippen LogP contribution in [0.5, 0.6) is 0 Å². The monoisotopic (exact) mass is 309 g/mol. The van der Waals surface area contributed by atoms with Crippen LogP contribution in [0.25, 0.3) is 0 Å². The third-order valence-electron chi connectivity index (χ3n) is 3.97. The van der Waals surface area contributed by atoms with Gasteiger partial charge in [-0.25, -0.2) is 4.79 Å². The molecule has 21 heavy (non-hydrogen) atoms. The number of anilines is 1. The van der Waals surface area contributed by atoms with E-state index in [9.17, 15) is 4.79 Å². The van der Waals surface area contributed by atoms with Crippen LogP contribution in [0.15, 0.2) is 0 Å². The Kier molecular flexibility index (Phi) is 6.55. The lowest BCUT2D eigenvalue weighted by atomic mass is 10.1. The molecule has 2 rings (SSSR count). The molecule has 1 aromatic rings. The van der Waals surface area contributed by atoms with Crippen LogP contribution in [0.3, 0.4) is 0 Å². The van der Waals surface area contributed by atoms with Gasteiger partial charge in [0.05, 0.1) is 12.2 Å². The van der Waals surface area contributed by atoms with Gasteiger partial charge in [-0.1, -0.05) is 32.6 Å².